The maximum absolute atomic E-state index is 12.8. The minimum atomic E-state index is -0.923. The zero-order valence-electron chi connectivity index (χ0n) is 17.0. The number of fused-ring (bicyclic) bond motifs is 1. The van der Waals surface area contributed by atoms with Crippen LogP contribution >= 0.6 is 23.1 Å². The molecule has 3 rings (SSSR count). The highest BCUT2D eigenvalue weighted by atomic mass is 32.2. The number of hydrogen-bond acceptors (Lipinski definition) is 12. The van der Waals surface area contributed by atoms with Gasteiger partial charge >= 0.3 is 11.9 Å². The third kappa shape index (κ3) is 4.60. The standard InChI is InChI=1S/C18H19N5O7S2/c1-4-9-5-31-16-12(15(26)23(16)13(9)17(27)30-7-29-8(2)24)21-14(25)11(22-28-3)10-6-32-18(19)20-10/h4,6,12,16H,1,5,7H2,2-3H3,(H2,19,20)(H,21,25)/b22-11-/t12?,16-/m1/s1. The zero-order chi connectivity index (χ0) is 23.4. The van der Waals surface area contributed by atoms with Crippen molar-refractivity contribution in [3.8, 4) is 0 Å². The highest BCUT2D eigenvalue weighted by Crippen LogP contribution is 2.40. The molecule has 0 aliphatic carbocycles. The number of rotatable bonds is 8. The predicted molar refractivity (Wildman–Crippen MR) is 115 cm³/mol. The molecule has 2 atom stereocenters. The van der Waals surface area contributed by atoms with Crippen molar-refractivity contribution in [1.29, 1.82) is 0 Å². The van der Waals surface area contributed by atoms with Gasteiger partial charge in [-0.25, -0.2) is 9.78 Å². The van der Waals surface area contributed by atoms with Crippen LogP contribution in [0.25, 0.3) is 0 Å². The van der Waals surface area contributed by atoms with Crippen LogP contribution in [0.15, 0.2) is 34.5 Å². The topological polar surface area (TPSA) is 163 Å². The summed E-state index contributed by atoms with van der Waals surface area (Å²) in [5.74, 6) is -2.32. The molecule has 2 amide bonds. The molecule has 0 saturated carbocycles. The van der Waals surface area contributed by atoms with Gasteiger partial charge < -0.3 is 25.4 Å². The van der Waals surface area contributed by atoms with Gasteiger partial charge in [-0.15, -0.1) is 23.1 Å². The van der Waals surface area contributed by atoms with Gasteiger partial charge in [0, 0.05) is 18.1 Å². The Kier molecular flexibility index (Phi) is 7.15. The number of thiazole rings is 1. The summed E-state index contributed by atoms with van der Waals surface area (Å²) < 4.78 is 9.55. The molecule has 12 nitrogen and oxygen atoms in total. The molecule has 32 heavy (non-hydrogen) atoms. The van der Waals surface area contributed by atoms with Crippen LogP contribution in [-0.2, 0) is 33.5 Å². The van der Waals surface area contributed by atoms with Gasteiger partial charge in [-0.05, 0) is 5.57 Å². The molecule has 3 N–H and O–H groups in total. The number of β-lactam (4-membered cyclic amide) rings is 1. The van der Waals surface area contributed by atoms with Gasteiger partial charge in [0.15, 0.2) is 10.8 Å². The van der Waals surface area contributed by atoms with E-state index in [4.69, 9.17) is 15.3 Å². The van der Waals surface area contributed by atoms with E-state index in [2.05, 4.69) is 26.8 Å². The first-order chi connectivity index (χ1) is 15.3. The van der Waals surface area contributed by atoms with Crippen LogP contribution in [-0.4, -0.2) is 70.4 Å². The second-order valence-corrected chi connectivity index (χ2v) is 8.31. The largest absolute Gasteiger partial charge is 0.428 e. The molecule has 0 bridgehead atoms. The molecule has 1 aromatic heterocycles. The van der Waals surface area contributed by atoms with Crippen molar-refractivity contribution >= 4 is 57.7 Å². The third-order valence-corrected chi connectivity index (χ3v) is 6.31. The monoisotopic (exact) mass is 481 g/mol. The van der Waals surface area contributed by atoms with E-state index in [0.29, 0.717) is 11.3 Å². The Balaban J connectivity index is 1.75. The molecule has 0 aromatic carbocycles. The summed E-state index contributed by atoms with van der Waals surface area (Å²) >= 11 is 2.46. The van der Waals surface area contributed by atoms with E-state index in [0.717, 1.165) is 11.3 Å². The van der Waals surface area contributed by atoms with Crippen LogP contribution in [0.1, 0.15) is 12.6 Å². The molecule has 0 radical (unpaired) electrons. The van der Waals surface area contributed by atoms with Crippen LogP contribution in [0.3, 0.4) is 0 Å². The second-order valence-electron chi connectivity index (χ2n) is 6.32. The summed E-state index contributed by atoms with van der Waals surface area (Å²) in [5.41, 5.74) is 6.15. The Morgan fingerprint density at radius 1 is 1.44 bits per heavy atom. The quantitative estimate of drug-likeness (QED) is 0.170. The fraction of sp³-hybridized carbons (Fsp3) is 0.333. The van der Waals surface area contributed by atoms with Crippen molar-refractivity contribution in [2.45, 2.75) is 18.3 Å². The van der Waals surface area contributed by atoms with Gasteiger partial charge in [0.25, 0.3) is 11.8 Å². The lowest BCUT2D eigenvalue weighted by Crippen LogP contribution is -2.71. The van der Waals surface area contributed by atoms with Crippen molar-refractivity contribution in [3.63, 3.8) is 0 Å². The number of anilines is 1. The first kappa shape index (κ1) is 23.3. The van der Waals surface area contributed by atoms with Crippen LogP contribution in [0.5, 0.6) is 0 Å². The SMILES string of the molecule is C=CC1=C(C(=O)OCOC(C)=O)N2C(=O)C(NC(=O)/C(=N\OC)c3csc(N)n3)[C@H]2SC1. The van der Waals surface area contributed by atoms with E-state index in [1.165, 1.54) is 42.2 Å². The molecule has 0 spiro atoms. The number of hydrogen-bond donors (Lipinski definition) is 2. The summed E-state index contributed by atoms with van der Waals surface area (Å²) in [6, 6.07) is -0.923. The van der Waals surface area contributed by atoms with Crippen molar-refractivity contribution in [3.05, 3.63) is 35.0 Å². The number of carbonyl (C=O) groups is 4. The first-order valence-electron chi connectivity index (χ1n) is 9.02. The number of allylic oxidation sites excluding steroid dienone is 1. The van der Waals surface area contributed by atoms with Gasteiger partial charge in [0.1, 0.15) is 29.9 Å². The number of nitrogens with one attached hydrogen (secondary N) is 1. The van der Waals surface area contributed by atoms with Crippen molar-refractivity contribution in [2.75, 3.05) is 25.4 Å². The maximum atomic E-state index is 12.8. The maximum Gasteiger partial charge on any atom is 0.358 e. The number of oxime groups is 1. The predicted octanol–water partition coefficient (Wildman–Crippen LogP) is -0.0204. The molecule has 2 aliphatic rings. The van der Waals surface area contributed by atoms with E-state index < -0.39 is 42.0 Å². The van der Waals surface area contributed by atoms with Gasteiger partial charge in [-0.2, -0.15) is 0 Å². The van der Waals surface area contributed by atoms with Gasteiger partial charge in [0.2, 0.25) is 6.79 Å². The lowest BCUT2D eigenvalue weighted by molar-refractivity contribution is -0.166. The Morgan fingerprint density at radius 2 is 2.19 bits per heavy atom. The number of thioether (sulfide) groups is 1. The highest BCUT2D eigenvalue weighted by molar-refractivity contribution is 8.00. The van der Waals surface area contributed by atoms with Crippen molar-refractivity contribution in [1.82, 2.24) is 15.2 Å². The Morgan fingerprint density at radius 3 is 2.78 bits per heavy atom. The fourth-order valence-corrected chi connectivity index (χ4v) is 4.81. The van der Waals surface area contributed by atoms with Crippen LogP contribution in [0.4, 0.5) is 5.13 Å². The summed E-state index contributed by atoms with van der Waals surface area (Å²) in [5, 5.41) is 7.50. The van der Waals surface area contributed by atoms with Gasteiger partial charge in [-0.3, -0.25) is 19.3 Å². The Labute approximate surface area is 190 Å². The zero-order valence-corrected chi connectivity index (χ0v) is 18.7. The number of esters is 2. The molecule has 1 aromatic rings. The molecule has 170 valence electrons. The molecular formula is C18H19N5O7S2. The van der Waals surface area contributed by atoms with E-state index in [1.807, 2.05) is 0 Å². The van der Waals surface area contributed by atoms with Crippen LogP contribution < -0.4 is 11.1 Å². The molecule has 1 fully saturated rings. The average Bonchev–Trinajstić information content (AvgIpc) is 3.19. The summed E-state index contributed by atoms with van der Waals surface area (Å²) in [6.45, 7) is 4.24. The number of ether oxygens (including phenoxy) is 2. The smallest absolute Gasteiger partial charge is 0.358 e. The number of carbonyl (C=O) groups excluding carboxylic acids is 4. The van der Waals surface area contributed by atoms with E-state index in [1.54, 1.807) is 0 Å². The number of nitrogen functional groups attached to an aromatic ring is 1. The third-order valence-electron chi connectivity index (χ3n) is 4.34. The molecule has 1 unspecified atom stereocenters. The minimum absolute atomic E-state index is 0.00976. The van der Waals surface area contributed by atoms with Gasteiger partial charge in [0.05, 0.1) is 0 Å². The van der Waals surface area contributed by atoms with E-state index in [9.17, 15) is 19.2 Å². The number of aromatic nitrogens is 1. The van der Waals surface area contributed by atoms with Gasteiger partial charge in [-0.1, -0.05) is 17.8 Å². The normalized spacial score (nSPS) is 20.1. The first-order valence-corrected chi connectivity index (χ1v) is 11.0. The van der Waals surface area contributed by atoms with Crippen molar-refractivity contribution < 1.29 is 33.5 Å². The second kappa shape index (κ2) is 9.82. The lowest BCUT2D eigenvalue weighted by atomic mass is 10.0. The van der Waals surface area contributed by atoms with Crippen LogP contribution in [0.2, 0.25) is 0 Å². The Hall–Kier alpha value is -3.39. The highest BCUT2D eigenvalue weighted by Gasteiger charge is 2.54. The van der Waals surface area contributed by atoms with E-state index >= 15 is 0 Å². The minimum Gasteiger partial charge on any atom is -0.428 e. The number of amides is 2. The Bertz CT molecular complexity index is 1030. The molecule has 14 heteroatoms. The summed E-state index contributed by atoms with van der Waals surface area (Å²) in [7, 11) is 1.27. The molecule has 1 saturated heterocycles. The van der Waals surface area contributed by atoms with Crippen LogP contribution in [0, 0.1) is 0 Å². The number of nitrogens with zero attached hydrogens (tertiary/aromatic N) is 3. The molecule has 2 aliphatic heterocycles. The summed E-state index contributed by atoms with van der Waals surface area (Å²) in [6.07, 6.45) is 1.45. The lowest BCUT2D eigenvalue weighted by Gasteiger charge is -2.49. The summed E-state index contributed by atoms with van der Waals surface area (Å²) in [4.78, 5) is 59.0. The average molecular weight is 482 g/mol. The molecule has 3 heterocycles. The molecular weight excluding hydrogens is 462 g/mol. The van der Waals surface area contributed by atoms with Crippen molar-refractivity contribution in [2.24, 2.45) is 5.16 Å². The fourth-order valence-electron chi connectivity index (χ4n) is 2.92. The number of nitrogens with two attached hydrogens (primary N) is 1. The van der Waals surface area contributed by atoms with E-state index in [-0.39, 0.29) is 22.2 Å².